The van der Waals surface area contributed by atoms with Crippen molar-refractivity contribution in [1.82, 2.24) is 10.2 Å². The lowest BCUT2D eigenvalue weighted by molar-refractivity contribution is -0.143. The van der Waals surface area contributed by atoms with Gasteiger partial charge in [-0.05, 0) is 64.1 Å². The van der Waals surface area contributed by atoms with Gasteiger partial charge in [0.2, 0.25) is 0 Å². The molecule has 0 radical (unpaired) electrons. The molecule has 1 unspecified atom stereocenters. The van der Waals surface area contributed by atoms with Crippen LogP contribution in [0.2, 0.25) is 5.02 Å². The van der Waals surface area contributed by atoms with Crippen molar-refractivity contribution < 1.29 is 19.4 Å². The fraction of sp³-hybridized carbons (Fsp3) is 0.556. The summed E-state index contributed by atoms with van der Waals surface area (Å²) in [6.45, 7) is 5.96. The van der Waals surface area contributed by atoms with Crippen molar-refractivity contribution in [3.63, 3.8) is 0 Å². The lowest BCUT2D eigenvalue weighted by atomic mass is 9.96. The van der Waals surface area contributed by atoms with Crippen molar-refractivity contribution in [2.24, 2.45) is 5.92 Å². The zero-order valence-electron chi connectivity index (χ0n) is 20.1. The van der Waals surface area contributed by atoms with Gasteiger partial charge in [-0.25, -0.2) is 4.79 Å². The van der Waals surface area contributed by atoms with Crippen molar-refractivity contribution >= 4 is 34.2 Å². The monoisotopic (exact) mass is 486 g/mol. The number of aliphatic carboxylic acids is 1. The molecule has 1 aliphatic carbocycles. The first-order chi connectivity index (χ1) is 16.3. The van der Waals surface area contributed by atoms with E-state index in [2.05, 4.69) is 10.2 Å². The van der Waals surface area contributed by atoms with Gasteiger partial charge in [0.05, 0.1) is 12.2 Å². The molecule has 2 aromatic rings. The molecule has 34 heavy (non-hydrogen) atoms. The highest BCUT2D eigenvalue weighted by molar-refractivity contribution is 6.36. The number of hydrogen-bond donors (Lipinski definition) is 2. The van der Waals surface area contributed by atoms with Crippen LogP contribution in [0, 0.1) is 5.92 Å². The molecule has 4 rings (SSSR count). The Morgan fingerprint density at radius 3 is 2.41 bits per heavy atom. The molecule has 1 atom stereocenters. The van der Waals surface area contributed by atoms with Crippen LogP contribution < -0.4 is 10.1 Å². The summed E-state index contributed by atoms with van der Waals surface area (Å²) >= 11 is 6.52. The van der Waals surface area contributed by atoms with E-state index >= 15 is 0 Å². The molecule has 6 nitrogen and oxygen atoms in total. The zero-order chi connectivity index (χ0) is 24.3. The number of carbonyl (C=O) groups is 2. The number of halogens is 1. The number of carboxylic acid groups (broad SMARTS) is 1. The summed E-state index contributed by atoms with van der Waals surface area (Å²) in [7, 11) is 0. The van der Waals surface area contributed by atoms with Crippen LogP contribution in [-0.2, 0) is 4.79 Å². The minimum Gasteiger partial charge on any atom is -0.492 e. The number of amides is 1. The number of benzene rings is 2. The van der Waals surface area contributed by atoms with E-state index in [-0.39, 0.29) is 12.0 Å². The van der Waals surface area contributed by atoms with E-state index < -0.39 is 17.4 Å². The SMILES string of the molecule is CCC(C)(NC(=O)c1cc(Cl)c2ccccc2c1OCC1CCN(C2CCCC2)CC1)C(=O)O. The molecule has 0 spiro atoms. The van der Waals surface area contributed by atoms with E-state index in [1.165, 1.54) is 32.6 Å². The lowest BCUT2D eigenvalue weighted by Crippen LogP contribution is -2.51. The van der Waals surface area contributed by atoms with Crippen LogP contribution in [0.25, 0.3) is 10.8 Å². The second kappa shape index (κ2) is 10.5. The number of ether oxygens (including phenoxy) is 1. The predicted molar refractivity (Wildman–Crippen MR) is 135 cm³/mol. The molecule has 2 fully saturated rings. The maximum atomic E-state index is 13.3. The first-order valence-corrected chi connectivity index (χ1v) is 12.8. The number of nitrogens with zero attached hydrogens (tertiary/aromatic N) is 1. The lowest BCUT2D eigenvalue weighted by Gasteiger charge is -2.36. The summed E-state index contributed by atoms with van der Waals surface area (Å²) in [5, 5.41) is 14.3. The molecular weight excluding hydrogens is 452 g/mol. The number of hydrogen-bond acceptors (Lipinski definition) is 4. The van der Waals surface area contributed by atoms with Gasteiger partial charge in [0, 0.05) is 21.8 Å². The van der Waals surface area contributed by atoms with E-state index in [1.807, 2.05) is 24.3 Å². The minimum absolute atomic E-state index is 0.255. The standard InChI is InChI=1S/C27H35ClN2O4/c1-3-27(2,26(32)33)29-25(31)22-16-23(28)20-10-6-7-11-21(20)24(22)34-17-18-12-14-30(15-13-18)19-8-4-5-9-19/h6-7,10-11,16,18-19H,3-5,8-9,12-15,17H2,1-2H3,(H,29,31)(H,32,33). The van der Waals surface area contributed by atoms with Gasteiger partial charge in [-0.1, -0.05) is 55.6 Å². The van der Waals surface area contributed by atoms with Crippen LogP contribution in [0.3, 0.4) is 0 Å². The van der Waals surface area contributed by atoms with Crippen molar-refractivity contribution in [2.75, 3.05) is 19.7 Å². The second-order valence-electron chi connectivity index (χ2n) is 9.95. The molecule has 2 N–H and O–H groups in total. The Kier molecular flexibility index (Phi) is 7.68. The largest absolute Gasteiger partial charge is 0.492 e. The summed E-state index contributed by atoms with van der Waals surface area (Å²) in [6, 6.07) is 9.93. The average Bonchev–Trinajstić information content (AvgIpc) is 3.38. The van der Waals surface area contributed by atoms with E-state index in [0.717, 1.165) is 42.7 Å². The van der Waals surface area contributed by atoms with E-state index in [4.69, 9.17) is 16.3 Å². The summed E-state index contributed by atoms with van der Waals surface area (Å²) in [5.41, 5.74) is -1.10. The number of carbonyl (C=O) groups excluding carboxylic acids is 1. The Morgan fingerprint density at radius 2 is 1.79 bits per heavy atom. The first kappa shape index (κ1) is 24.8. The van der Waals surface area contributed by atoms with Crippen molar-refractivity contribution in [2.45, 2.75) is 70.4 Å². The fourth-order valence-electron chi connectivity index (χ4n) is 5.19. The maximum Gasteiger partial charge on any atom is 0.329 e. The van der Waals surface area contributed by atoms with E-state index in [1.54, 1.807) is 13.0 Å². The number of piperidine rings is 1. The highest BCUT2D eigenvalue weighted by Gasteiger charge is 2.34. The molecule has 1 aliphatic heterocycles. The van der Waals surface area contributed by atoms with Crippen molar-refractivity contribution in [3.05, 3.63) is 40.9 Å². The van der Waals surface area contributed by atoms with Crippen LogP contribution in [0.5, 0.6) is 5.75 Å². The zero-order valence-corrected chi connectivity index (χ0v) is 20.9. The van der Waals surface area contributed by atoms with Gasteiger partial charge in [0.1, 0.15) is 11.3 Å². The van der Waals surface area contributed by atoms with E-state index in [0.29, 0.717) is 23.3 Å². The van der Waals surface area contributed by atoms with Crippen LogP contribution in [0.15, 0.2) is 30.3 Å². The van der Waals surface area contributed by atoms with E-state index in [9.17, 15) is 14.7 Å². The first-order valence-electron chi connectivity index (χ1n) is 12.5. The van der Waals surface area contributed by atoms with Gasteiger partial charge in [-0.2, -0.15) is 0 Å². The third-order valence-corrected chi connectivity index (χ3v) is 8.02. The Hall–Kier alpha value is -2.31. The fourth-order valence-corrected chi connectivity index (χ4v) is 5.47. The molecule has 0 aromatic heterocycles. The second-order valence-corrected chi connectivity index (χ2v) is 10.4. The molecule has 1 saturated carbocycles. The van der Waals surface area contributed by atoms with Crippen LogP contribution >= 0.6 is 11.6 Å². The smallest absolute Gasteiger partial charge is 0.329 e. The Balaban J connectivity index is 1.54. The molecule has 0 bridgehead atoms. The van der Waals surface area contributed by atoms with Gasteiger partial charge in [0.25, 0.3) is 5.91 Å². The van der Waals surface area contributed by atoms with Gasteiger partial charge < -0.3 is 20.1 Å². The number of nitrogens with one attached hydrogen (secondary N) is 1. The quantitative estimate of drug-likeness (QED) is 0.514. The highest BCUT2D eigenvalue weighted by atomic mass is 35.5. The molecule has 2 aliphatic rings. The molecule has 184 valence electrons. The average molecular weight is 487 g/mol. The Morgan fingerprint density at radius 1 is 1.15 bits per heavy atom. The Labute approximate surface area is 206 Å². The molecule has 1 saturated heterocycles. The maximum absolute atomic E-state index is 13.3. The van der Waals surface area contributed by atoms with Gasteiger partial charge in [-0.3, -0.25) is 4.79 Å². The summed E-state index contributed by atoms with van der Waals surface area (Å²) in [6.07, 6.45) is 7.76. The normalized spacial score (nSPS) is 19.7. The van der Waals surface area contributed by atoms with Gasteiger partial charge in [-0.15, -0.1) is 0 Å². The summed E-state index contributed by atoms with van der Waals surface area (Å²) in [5.74, 6) is -0.681. The molecule has 7 heteroatoms. The number of fused-ring (bicyclic) bond motifs is 1. The van der Waals surface area contributed by atoms with Crippen LogP contribution in [0.4, 0.5) is 0 Å². The number of carboxylic acids is 1. The topological polar surface area (TPSA) is 78.9 Å². The highest BCUT2D eigenvalue weighted by Crippen LogP contribution is 2.36. The molecular formula is C27H35ClN2O4. The number of likely N-dealkylation sites (tertiary alicyclic amines) is 1. The van der Waals surface area contributed by atoms with Crippen LogP contribution in [0.1, 0.15) is 69.2 Å². The Bertz CT molecular complexity index is 1040. The molecule has 1 amide bonds. The molecule has 2 aromatic carbocycles. The summed E-state index contributed by atoms with van der Waals surface area (Å²) < 4.78 is 6.35. The number of rotatable bonds is 8. The van der Waals surface area contributed by atoms with Gasteiger partial charge in [0.15, 0.2) is 0 Å². The predicted octanol–water partition coefficient (Wildman–Crippen LogP) is 5.51. The van der Waals surface area contributed by atoms with Crippen LogP contribution in [-0.4, -0.2) is 53.2 Å². The molecule has 1 heterocycles. The third kappa shape index (κ3) is 5.18. The third-order valence-electron chi connectivity index (χ3n) is 7.71. The van der Waals surface area contributed by atoms with Gasteiger partial charge >= 0.3 is 5.97 Å². The van der Waals surface area contributed by atoms with Crippen molar-refractivity contribution in [1.29, 1.82) is 0 Å². The minimum atomic E-state index is -1.38. The summed E-state index contributed by atoms with van der Waals surface area (Å²) in [4.78, 5) is 27.7. The van der Waals surface area contributed by atoms with Crippen molar-refractivity contribution in [3.8, 4) is 5.75 Å².